The molecule has 1 aliphatic rings. The Balaban J connectivity index is 1.47. The van der Waals surface area contributed by atoms with E-state index in [-0.39, 0.29) is 12.5 Å². The molecular weight excluding hydrogens is 356 g/mol. The van der Waals surface area contributed by atoms with E-state index < -0.39 is 12.1 Å². The molecule has 2 aromatic rings. The van der Waals surface area contributed by atoms with E-state index >= 15 is 0 Å². The quantitative estimate of drug-likeness (QED) is 0.742. The second kappa shape index (κ2) is 9.26. The first-order chi connectivity index (χ1) is 13.5. The number of nitrogens with one attached hydrogen (secondary N) is 1. The number of esters is 1. The summed E-state index contributed by atoms with van der Waals surface area (Å²) in [5, 5.41) is 2.80. The number of benzene rings is 2. The second-order valence-electron chi connectivity index (χ2n) is 6.92. The Morgan fingerprint density at radius 2 is 1.82 bits per heavy atom. The lowest BCUT2D eigenvalue weighted by Crippen LogP contribution is -2.29. The molecule has 1 fully saturated rings. The predicted molar refractivity (Wildman–Crippen MR) is 109 cm³/mol. The minimum atomic E-state index is -0.795. The summed E-state index contributed by atoms with van der Waals surface area (Å²) < 4.78 is 10.6. The first-order valence-electron chi connectivity index (χ1n) is 9.57. The molecular formula is C22H26N2O4. The van der Waals surface area contributed by atoms with Crippen LogP contribution in [0.25, 0.3) is 0 Å². The minimum Gasteiger partial charge on any atom is -0.479 e. The fourth-order valence-corrected chi connectivity index (χ4v) is 3.15. The molecule has 0 aromatic heterocycles. The van der Waals surface area contributed by atoms with Crippen molar-refractivity contribution in [2.75, 3.05) is 29.9 Å². The van der Waals surface area contributed by atoms with Crippen LogP contribution in [0.15, 0.2) is 48.5 Å². The topological polar surface area (TPSA) is 67.9 Å². The minimum absolute atomic E-state index is 0.353. The van der Waals surface area contributed by atoms with Crippen LogP contribution in [0.2, 0.25) is 0 Å². The summed E-state index contributed by atoms with van der Waals surface area (Å²) >= 11 is 0. The van der Waals surface area contributed by atoms with Crippen molar-refractivity contribution < 1.29 is 19.1 Å². The fraction of sp³-hybridized carbons (Fsp3) is 0.364. The lowest BCUT2D eigenvalue weighted by atomic mass is 10.1. The first-order valence-corrected chi connectivity index (χ1v) is 9.57. The number of para-hydroxylation sites is 1. The molecule has 1 N–H and O–H groups in total. The van der Waals surface area contributed by atoms with Crippen LogP contribution < -0.4 is 15.0 Å². The van der Waals surface area contributed by atoms with Crippen molar-refractivity contribution in [2.24, 2.45) is 0 Å². The first kappa shape index (κ1) is 19.7. The number of hydrogen-bond donors (Lipinski definition) is 1. The summed E-state index contributed by atoms with van der Waals surface area (Å²) in [5.41, 5.74) is 2.87. The van der Waals surface area contributed by atoms with Gasteiger partial charge in [0.1, 0.15) is 5.75 Å². The van der Waals surface area contributed by atoms with Gasteiger partial charge in [0.05, 0.1) is 0 Å². The van der Waals surface area contributed by atoms with Crippen molar-refractivity contribution in [1.29, 1.82) is 0 Å². The summed E-state index contributed by atoms with van der Waals surface area (Å²) in [7, 11) is 0. The molecule has 28 heavy (non-hydrogen) atoms. The van der Waals surface area contributed by atoms with Gasteiger partial charge in [0.15, 0.2) is 12.7 Å². The number of aryl methyl sites for hydroxylation is 1. The lowest BCUT2D eigenvalue weighted by molar-refractivity contribution is -0.153. The largest absolute Gasteiger partial charge is 0.479 e. The molecule has 0 radical (unpaired) electrons. The van der Waals surface area contributed by atoms with E-state index in [0.29, 0.717) is 5.75 Å². The molecule has 2 aromatic carbocycles. The van der Waals surface area contributed by atoms with Crippen LogP contribution in [0.1, 0.15) is 25.3 Å². The van der Waals surface area contributed by atoms with Crippen LogP contribution in [0.4, 0.5) is 11.4 Å². The van der Waals surface area contributed by atoms with Gasteiger partial charge >= 0.3 is 5.97 Å². The third-order valence-corrected chi connectivity index (χ3v) is 4.69. The highest BCUT2D eigenvalue weighted by Crippen LogP contribution is 2.25. The summed E-state index contributed by atoms with van der Waals surface area (Å²) in [6.07, 6.45) is 1.64. The van der Waals surface area contributed by atoms with Crippen molar-refractivity contribution in [2.45, 2.75) is 32.8 Å². The van der Waals surface area contributed by atoms with E-state index in [1.165, 1.54) is 18.5 Å². The monoisotopic (exact) mass is 382 g/mol. The predicted octanol–water partition coefficient (Wildman–Crippen LogP) is 3.54. The highest BCUT2D eigenvalue weighted by molar-refractivity contribution is 5.94. The van der Waals surface area contributed by atoms with Crippen LogP contribution in [0.3, 0.4) is 0 Å². The Morgan fingerprint density at radius 3 is 2.50 bits per heavy atom. The van der Waals surface area contributed by atoms with Gasteiger partial charge in [-0.15, -0.1) is 0 Å². The average Bonchev–Trinajstić information content (AvgIpc) is 3.23. The number of anilines is 2. The molecule has 1 heterocycles. The molecule has 1 amide bonds. The van der Waals surface area contributed by atoms with Crippen LogP contribution in [0, 0.1) is 6.92 Å². The van der Waals surface area contributed by atoms with Crippen LogP contribution in [0.5, 0.6) is 5.75 Å². The Hall–Kier alpha value is -3.02. The number of amides is 1. The molecule has 6 heteroatoms. The number of ether oxygens (including phenoxy) is 2. The highest BCUT2D eigenvalue weighted by Gasteiger charge is 2.18. The molecule has 148 valence electrons. The fourth-order valence-electron chi connectivity index (χ4n) is 3.15. The molecule has 6 nitrogen and oxygen atoms in total. The smallest absolute Gasteiger partial charge is 0.347 e. The van der Waals surface area contributed by atoms with E-state index in [2.05, 4.69) is 16.3 Å². The Bertz CT molecular complexity index is 817. The van der Waals surface area contributed by atoms with Gasteiger partial charge < -0.3 is 19.7 Å². The van der Waals surface area contributed by atoms with E-state index in [9.17, 15) is 9.59 Å². The molecule has 1 saturated heterocycles. The Labute approximate surface area is 165 Å². The van der Waals surface area contributed by atoms with Gasteiger partial charge in [0.25, 0.3) is 5.91 Å². The van der Waals surface area contributed by atoms with Crippen molar-refractivity contribution >= 4 is 23.3 Å². The van der Waals surface area contributed by atoms with Crippen LogP contribution in [-0.4, -0.2) is 37.7 Å². The zero-order chi connectivity index (χ0) is 19.9. The zero-order valence-corrected chi connectivity index (χ0v) is 16.3. The Kier molecular flexibility index (Phi) is 6.53. The van der Waals surface area contributed by atoms with Crippen molar-refractivity contribution in [3.63, 3.8) is 0 Å². The standard InChI is InChI=1S/C22H26N2O4/c1-16-14-18(24-12-6-7-13-24)10-11-20(16)23-21(25)15-27-22(26)17(2)28-19-8-4-3-5-9-19/h3-5,8-11,14,17H,6-7,12-13,15H2,1-2H3,(H,23,25). The van der Waals surface area contributed by atoms with Crippen LogP contribution >= 0.6 is 0 Å². The van der Waals surface area contributed by atoms with Crippen LogP contribution in [-0.2, 0) is 14.3 Å². The number of rotatable bonds is 7. The molecule has 0 bridgehead atoms. The molecule has 0 spiro atoms. The molecule has 0 aliphatic carbocycles. The maximum atomic E-state index is 12.2. The van der Waals surface area contributed by atoms with Gasteiger partial charge in [-0.05, 0) is 62.6 Å². The third-order valence-electron chi connectivity index (χ3n) is 4.69. The van der Waals surface area contributed by atoms with Gasteiger partial charge in [0, 0.05) is 24.5 Å². The highest BCUT2D eigenvalue weighted by atomic mass is 16.6. The van der Waals surface area contributed by atoms with E-state index in [0.717, 1.165) is 24.3 Å². The number of hydrogen-bond acceptors (Lipinski definition) is 5. The van der Waals surface area contributed by atoms with E-state index in [4.69, 9.17) is 9.47 Å². The van der Waals surface area contributed by atoms with Crippen molar-refractivity contribution in [1.82, 2.24) is 0 Å². The summed E-state index contributed by atoms with van der Waals surface area (Å²) in [5.74, 6) is -0.387. The maximum Gasteiger partial charge on any atom is 0.347 e. The summed E-state index contributed by atoms with van der Waals surface area (Å²) in [6.45, 7) is 5.34. The van der Waals surface area contributed by atoms with Crippen molar-refractivity contribution in [3.8, 4) is 5.75 Å². The van der Waals surface area contributed by atoms with E-state index in [1.807, 2.05) is 37.3 Å². The molecule has 0 saturated carbocycles. The lowest BCUT2D eigenvalue weighted by Gasteiger charge is -2.19. The Morgan fingerprint density at radius 1 is 1.11 bits per heavy atom. The zero-order valence-electron chi connectivity index (χ0n) is 16.3. The molecule has 1 aliphatic heterocycles. The number of carbonyl (C=O) groups is 2. The van der Waals surface area contributed by atoms with E-state index in [1.54, 1.807) is 19.1 Å². The number of nitrogens with zero attached hydrogens (tertiary/aromatic N) is 1. The second-order valence-corrected chi connectivity index (χ2v) is 6.92. The SMILES string of the molecule is Cc1cc(N2CCCC2)ccc1NC(=O)COC(=O)C(C)Oc1ccccc1. The summed E-state index contributed by atoms with van der Waals surface area (Å²) in [4.78, 5) is 26.5. The normalized spacial score (nSPS) is 14.4. The van der Waals surface area contributed by atoms with Gasteiger partial charge in [-0.1, -0.05) is 18.2 Å². The van der Waals surface area contributed by atoms with Crippen molar-refractivity contribution in [3.05, 3.63) is 54.1 Å². The molecule has 3 rings (SSSR count). The molecule has 1 atom stereocenters. The van der Waals surface area contributed by atoms with Gasteiger partial charge in [-0.2, -0.15) is 0 Å². The van der Waals surface area contributed by atoms with Gasteiger partial charge in [-0.25, -0.2) is 4.79 Å². The number of carbonyl (C=O) groups excluding carboxylic acids is 2. The average molecular weight is 382 g/mol. The summed E-state index contributed by atoms with van der Waals surface area (Å²) in [6, 6.07) is 15.0. The van der Waals surface area contributed by atoms with Gasteiger partial charge in [-0.3, -0.25) is 4.79 Å². The third kappa shape index (κ3) is 5.25. The van der Waals surface area contributed by atoms with Gasteiger partial charge in [0.2, 0.25) is 0 Å². The maximum absolute atomic E-state index is 12.2. The molecule has 1 unspecified atom stereocenters.